The van der Waals surface area contributed by atoms with Gasteiger partial charge in [0.15, 0.2) is 5.96 Å². The molecule has 0 amide bonds. The highest BCUT2D eigenvalue weighted by molar-refractivity contribution is 5.80. The molecule has 2 atom stereocenters. The first-order valence-corrected chi connectivity index (χ1v) is 8.71. The van der Waals surface area contributed by atoms with Gasteiger partial charge < -0.3 is 24.8 Å². The molecule has 1 saturated heterocycles. The number of aliphatic hydroxyl groups excluding tert-OH is 1. The number of methoxy groups -OCH3 is 1. The van der Waals surface area contributed by atoms with E-state index in [4.69, 9.17) is 9.47 Å². The Labute approximate surface area is 148 Å². The van der Waals surface area contributed by atoms with E-state index in [0.29, 0.717) is 11.7 Å². The van der Waals surface area contributed by atoms with Crippen LogP contribution >= 0.6 is 0 Å². The van der Waals surface area contributed by atoms with Gasteiger partial charge in [0.2, 0.25) is 0 Å². The molecule has 0 radical (unpaired) electrons. The molecule has 1 aliphatic rings. The van der Waals surface area contributed by atoms with Gasteiger partial charge in [-0.1, -0.05) is 0 Å². The van der Waals surface area contributed by atoms with Gasteiger partial charge in [-0.25, -0.2) is 4.39 Å². The van der Waals surface area contributed by atoms with Crippen LogP contribution in [0.3, 0.4) is 0 Å². The van der Waals surface area contributed by atoms with Crippen LogP contribution < -0.4 is 10.1 Å². The maximum Gasteiger partial charge on any atom is 0.194 e. The van der Waals surface area contributed by atoms with Crippen LogP contribution in [0.1, 0.15) is 13.3 Å². The number of benzene rings is 1. The highest BCUT2D eigenvalue weighted by Crippen LogP contribution is 2.16. The molecule has 25 heavy (non-hydrogen) atoms. The molecule has 1 fully saturated rings. The standard InChI is InChI=1S/C18H28FN3O3/c1-3-20-18(22-9-8-14(11-22)12-24-2)21-10-16(23)13-25-17-6-4-15(19)5-7-17/h4-7,14,16,23H,3,8-13H2,1-2H3,(H,20,21). The second kappa shape index (κ2) is 10.2. The molecular weight excluding hydrogens is 325 g/mol. The number of halogens is 1. The first-order valence-electron chi connectivity index (χ1n) is 8.71. The molecule has 0 bridgehead atoms. The molecular formula is C18H28FN3O3. The minimum Gasteiger partial charge on any atom is -0.491 e. The number of nitrogens with one attached hydrogen (secondary N) is 1. The second-order valence-electron chi connectivity index (χ2n) is 6.17. The number of hydrogen-bond acceptors (Lipinski definition) is 4. The van der Waals surface area contributed by atoms with Crippen LogP contribution in [0.4, 0.5) is 4.39 Å². The van der Waals surface area contributed by atoms with Crippen LogP contribution in [-0.4, -0.2) is 68.6 Å². The third kappa shape index (κ3) is 6.51. The van der Waals surface area contributed by atoms with E-state index in [1.54, 1.807) is 7.11 Å². The van der Waals surface area contributed by atoms with E-state index in [9.17, 15) is 9.50 Å². The Morgan fingerprint density at radius 2 is 2.20 bits per heavy atom. The molecule has 0 spiro atoms. The summed E-state index contributed by atoms with van der Waals surface area (Å²) in [6, 6.07) is 5.73. The normalized spacial score (nSPS) is 19.1. The van der Waals surface area contributed by atoms with Crippen LogP contribution in [0, 0.1) is 11.7 Å². The Kier molecular flexibility index (Phi) is 7.94. The van der Waals surface area contributed by atoms with E-state index in [-0.39, 0.29) is 19.0 Å². The van der Waals surface area contributed by atoms with Crippen LogP contribution in [0.2, 0.25) is 0 Å². The van der Waals surface area contributed by atoms with Gasteiger partial charge in [-0.2, -0.15) is 0 Å². The Morgan fingerprint density at radius 1 is 1.44 bits per heavy atom. The summed E-state index contributed by atoms with van der Waals surface area (Å²) in [5, 5.41) is 13.4. The van der Waals surface area contributed by atoms with E-state index in [2.05, 4.69) is 15.2 Å². The molecule has 7 heteroatoms. The molecule has 2 N–H and O–H groups in total. The van der Waals surface area contributed by atoms with E-state index in [1.807, 2.05) is 6.92 Å². The number of hydrogen-bond donors (Lipinski definition) is 2. The van der Waals surface area contributed by atoms with Gasteiger partial charge in [-0.3, -0.25) is 4.99 Å². The predicted octanol–water partition coefficient (Wildman–Crippen LogP) is 1.50. The topological polar surface area (TPSA) is 66.3 Å². The first-order chi connectivity index (χ1) is 12.1. The zero-order valence-electron chi connectivity index (χ0n) is 14.9. The lowest BCUT2D eigenvalue weighted by molar-refractivity contribution is 0.114. The molecule has 1 aliphatic heterocycles. The number of aliphatic imine (C=N–C) groups is 1. The van der Waals surface area contributed by atoms with Crippen molar-refractivity contribution in [1.29, 1.82) is 0 Å². The number of guanidine groups is 1. The third-order valence-electron chi connectivity index (χ3n) is 4.03. The fraction of sp³-hybridized carbons (Fsp3) is 0.611. The number of rotatable bonds is 8. The summed E-state index contributed by atoms with van der Waals surface area (Å²) in [5.41, 5.74) is 0. The molecule has 1 aromatic rings. The van der Waals surface area contributed by atoms with Crippen LogP contribution in [0.25, 0.3) is 0 Å². The lowest BCUT2D eigenvalue weighted by atomic mass is 10.1. The van der Waals surface area contributed by atoms with Crippen molar-refractivity contribution in [2.45, 2.75) is 19.4 Å². The SMILES string of the molecule is CCNC(=NCC(O)COc1ccc(F)cc1)N1CCC(COC)C1. The maximum absolute atomic E-state index is 12.8. The zero-order chi connectivity index (χ0) is 18.1. The van der Waals surface area contributed by atoms with E-state index in [1.165, 1.54) is 24.3 Å². The smallest absolute Gasteiger partial charge is 0.194 e. The Morgan fingerprint density at radius 3 is 2.88 bits per heavy atom. The van der Waals surface area contributed by atoms with Crippen molar-refractivity contribution in [3.63, 3.8) is 0 Å². The van der Waals surface area contributed by atoms with Crippen LogP contribution in [0.5, 0.6) is 5.75 Å². The lowest BCUT2D eigenvalue weighted by Gasteiger charge is -2.22. The monoisotopic (exact) mass is 353 g/mol. The predicted molar refractivity (Wildman–Crippen MR) is 95.4 cm³/mol. The molecule has 2 unspecified atom stereocenters. The Balaban J connectivity index is 1.82. The first kappa shape index (κ1) is 19.5. The molecule has 1 heterocycles. The fourth-order valence-electron chi connectivity index (χ4n) is 2.79. The molecule has 0 aromatic heterocycles. The van der Waals surface area contributed by atoms with Gasteiger partial charge >= 0.3 is 0 Å². The highest BCUT2D eigenvalue weighted by Gasteiger charge is 2.24. The zero-order valence-corrected chi connectivity index (χ0v) is 14.9. The van der Waals surface area contributed by atoms with Crippen molar-refractivity contribution in [3.8, 4) is 5.75 Å². The van der Waals surface area contributed by atoms with Crippen molar-refractivity contribution in [3.05, 3.63) is 30.1 Å². The van der Waals surface area contributed by atoms with Gasteiger partial charge in [0.1, 0.15) is 24.3 Å². The van der Waals surface area contributed by atoms with Crippen molar-refractivity contribution in [1.82, 2.24) is 10.2 Å². The van der Waals surface area contributed by atoms with Crippen LogP contribution in [0.15, 0.2) is 29.3 Å². The summed E-state index contributed by atoms with van der Waals surface area (Å²) < 4.78 is 23.5. The molecule has 1 aromatic carbocycles. The van der Waals surface area contributed by atoms with Crippen molar-refractivity contribution < 1.29 is 19.0 Å². The second-order valence-corrected chi connectivity index (χ2v) is 6.17. The summed E-state index contributed by atoms with van der Waals surface area (Å²) in [6.45, 7) is 5.74. The van der Waals surface area contributed by atoms with Crippen LogP contribution in [-0.2, 0) is 4.74 Å². The number of likely N-dealkylation sites (tertiary alicyclic amines) is 1. The van der Waals surface area contributed by atoms with Crippen molar-refractivity contribution in [2.24, 2.45) is 10.9 Å². The molecule has 0 aliphatic carbocycles. The summed E-state index contributed by atoms with van der Waals surface area (Å²) in [7, 11) is 1.72. The summed E-state index contributed by atoms with van der Waals surface area (Å²) in [4.78, 5) is 6.71. The van der Waals surface area contributed by atoms with Gasteiger partial charge in [0, 0.05) is 32.7 Å². The summed E-state index contributed by atoms with van der Waals surface area (Å²) in [6.07, 6.45) is 0.352. The average molecular weight is 353 g/mol. The Bertz CT molecular complexity index is 539. The maximum atomic E-state index is 12.8. The number of aliphatic hydroxyl groups is 1. The molecule has 140 valence electrons. The quantitative estimate of drug-likeness (QED) is 0.548. The minimum absolute atomic E-state index is 0.112. The van der Waals surface area contributed by atoms with Gasteiger partial charge in [-0.05, 0) is 37.6 Å². The summed E-state index contributed by atoms with van der Waals surface area (Å²) >= 11 is 0. The van der Waals surface area contributed by atoms with Gasteiger partial charge in [0.05, 0.1) is 13.2 Å². The van der Waals surface area contributed by atoms with E-state index < -0.39 is 6.10 Å². The summed E-state index contributed by atoms with van der Waals surface area (Å²) in [5.74, 6) is 1.53. The fourth-order valence-corrected chi connectivity index (χ4v) is 2.79. The molecule has 0 saturated carbocycles. The van der Waals surface area contributed by atoms with E-state index >= 15 is 0 Å². The Hall–Kier alpha value is -1.86. The minimum atomic E-state index is -0.726. The van der Waals surface area contributed by atoms with Gasteiger partial charge in [-0.15, -0.1) is 0 Å². The van der Waals surface area contributed by atoms with Crippen molar-refractivity contribution in [2.75, 3.05) is 46.5 Å². The lowest BCUT2D eigenvalue weighted by Crippen LogP contribution is -2.41. The van der Waals surface area contributed by atoms with Crippen molar-refractivity contribution >= 4 is 5.96 Å². The average Bonchev–Trinajstić information content (AvgIpc) is 3.07. The number of nitrogens with zero attached hydrogens (tertiary/aromatic N) is 2. The molecule has 2 rings (SSSR count). The number of ether oxygens (including phenoxy) is 2. The van der Waals surface area contributed by atoms with Gasteiger partial charge in [0.25, 0.3) is 0 Å². The molecule has 6 nitrogen and oxygen atoms in total. The largest absolute Gasteiger partial charge is 0.491 e. The highest BCUT2D eigenvalue weighted by atomic mass is 19.1. The van der Waals surface area contributed by atoms with E-state index in [0.717, 1.165) is 38.6 Å². The third-order valence-corrected chi connectivity index (χ3v) is 4.03.